The highest BCUT2D eigenvalue weighted by Gasteiger charge is 2.13. The number of nitrogens with two attached hydrogens (primary N) is 1. The zero-order valence-corrected chi connectivity index (χ0v) is 10.9. The van der Waals surface area contributed by atoms with Gasteiger partial charge in [-0.15, -0.1) is 22.7 Å². The van der Waals surface area contributed by atoms with E-state index in [-0.39, 0.29) is 0 Å². The molecule has 2 aromatic rings. The normalized spacial score (nSPS) is 12.9. The first kappa shape index (κ1) is 11.7. The summed E-state index contributed by atoms with van der Waals surface area (Å²) in [5, 5.41) is 3.19. The number of hydrogen-bond acceptors (Lipinski definition) is 5. The minimum absolute atomic E-state index is 0.405. The molecule has 2 rings (SSSR count). The summed E-state index contributed by atoms with van der Waals surface area (Å²) in [6, 6.07) is 0. The lowest BCUT2D eigenvalue weighted by molar-refractivity contribution is 0.610. The Balaban J connectivity index is 2.18. The second-order valence-electron chi connectivity index (χ2n) is 3.66. The van der Waals surface area contributed by atoms with Gasteiger partial charge in [-0.2, -0.15) is 0 Å². The van der Waals surface area contributed by atoms with Gasteiger partial charge in [-0.3, -0.25) is 4.98 Å². The zero-order valence-electron chi connectivity index (χ0n) is 9.22. The van der Waals surface area contributed by atoms with Crippen LogP contribution in [-0.4, -0.2) is 16.5 Å². The van der Waals surface area contributed by atoms with Gasteiger partial charge in [0.2, 0.25) is 0 Å². The number of nitrogens with zero attached hydrogens (tertiary/aromatic N) is 2. The highest BCUT2D eigenvalue weighted by atomic mass is 32.1. The Morgan fingerprint density at radius 1 is 1.44 bits per heavy atom. The molecule has 2 heterocycles. The first-order valence-electron chi connectivity index (χ1n) is 5.39. The highest BCUT2D eigenvalue weighted by Crippen LogP contribution is 2.30. The standard InChI is InChI=1S/C11H15N3S2/c1-2-3-8(4-12)9-6-15-11(14-9)10-5-13-7-16-10/h5-8H,2-4,12H2,1H3. The molecule has 5 heteroatoms. The van der Waals surface area contributed by atoms with E-state index in [0.717, 1.165) is 28.4 Å². The topological polar surface area (TPSA) is 51.8 Å². The van der Waals surface area contributed by atoms with Crippen LogP contribution in [0.25, 0.3) is 9.88 Å². The molecule has 0 aliphatic carbocycles. The first-order chi connectivity index (χ1) is 7.85. The smallest absolute Gasteiger partial charge is 0.135 e. The lowest BCUT2D eigenvalue weighted by Crippen LogP contribution is -2.12. The Morgan fingerprint density at radius 3 is 2.94 bits per heavy atom. The average molecular weight is 253 g/mol. The van der Waals surface area contributed by atoms with Crippen LogP contribution in [0, 0.1) is 0 Å². The van der Waals surface area contributed by atoms with E-state index in [1.165, 1.54) is 0 Å². The molecular formula is C11H15N3S2. The summed E-state index contributed by atoms with van der Waals surface area (Å²) in [6.07, 6.45) is 4.13. The van der Waals surface area contributed by atoms with Crippen LogP contribution in [0.3, 0.4) is 0 Å². The summed E-state index contributed by atoms with van der Waals surface area (Å²) < 4.78 is 0. The Morgan fingerprint density at radius 2 is 2.31 bits per heavy atom. The maximum atomic E-state index is 5.77. The summed E-state index contributed by atoms with van der Waals surface area (Å²) >= 11 is 3.31. The van der Waals surface area contributed by atoms with Crippen molar-refractivity contribution in [2.75, 3.05) is 6.54 Å². The van der Waals surface area contributed by atoms with E-state index in [1.807, 2.05) is 11.7 Å². The van der Waals surface area contributed by atoms with Gasteiger partial charge in [-0.1, -0.05) is 13.3 Å². The third-order valence-electron chi connectivity index (χ3n) is 2.50. The van der Waals surface area contributed by atoms with Gasteiger partial charge in [0.05, 0.1) is 16.1 Å². The minimum Gasteiger partial charge on any atom is -0.330 e. The summed E-state index contributed by atoms with van der Waals surface area (Å²) in [6.45, 7) is 2.86. The van der Waals surface area contributed by atoms with Crippen LogP contribution in [0.15, 0.2) is 17.1 Å². The van der Waals surface area contributed by atoms with E-state index in [2.05, 4.69) is 22.3 Å². The number of rotatable bonds is 5. The molecule has 0 radical (unpaired) electrons. The number of hydrogen-bond donors (Lipinski definition) is 1. The molecule has 0 amide bonds. The summed E-state index contributed by atoms with van der Waals surface area (Å²) in [5.74, 6) is 0.405. The van der Waals surface area contributed by atoms with Crippen molar-refractivity contribution in [2.24, 2.45) is 5.73 Å². The van der Waals surface area contributed by atoms with Crippen LogP contribution in [0.5, 0.6) is 0 Å². The Kier molecular flexibility index (Phi) is 4.04. The molecule has 0 saturated heterocycles. The van der Waals surface area contributed by atoms with E-state index in [9.17, 15) is 0 Å². The summed E-state index contributed by atoms with van der Waals surface area (Å²) in [4.78, 5) is 9.86. The largest absolute Gasteiger partial charge is 0.330 e. The molecule has 16 heavy (non-hydrogen) atoms. The molecule has 0 aromatic carbocycles. The predicted octanol–water partition coefficient (Wildman–Crippen LogP) is 3.11. The molecule has 0 saturated carbocycles. The highest BCUT2D eigenvalue weighted by molar-refractivity contribution is 7.19. The van der Waals surface area contributed by atoms with Crippen molar-refractivity contribution in [3.05, 3.63) is 22.8 Å². The van der Waals surface area contributed by atoms with Crippen molar-refractivity contribution in [1.29, 1.82) is 0 Å². The molecule has 1 atom stereocenters. The third kappa shape index (κ3) is 2.48. The van der Waals surface area contributed by atoms with Crippen molar-refractivity contribution in [2.45, 2.75) is 25.7 Å². The third-order valence-corrected chi connectivity index (χ3v) is 4.31. The molecule has 1 unspecified atom stereocenters. The molecule has 0 bridgehead atoms. The Labute approximate surface area is 103 Å². The van der Waals surface area contributed by atoms with Crippen LogP contribution in [0.2, 0.25) is 0 Å². The second kappa shape index (κ2) is 5.52. The second-order valence-corrected chi connectivity index (χ2v) is 5.41. The fraction of sp³-hybridized carbons (Fsp3) is 0.455. The van der Waals surface area contributed by atoms with Crippen molar-refractivity contribution < 1.29 is 0 Å². The quantitative estimate of drug-likeness (QED) is 0.890. The Bertz CT molecular complexity index is 422. The first-order valence-corrected chi connectivity index (χ1v) is 7.15. The summed E-state index contributed by atoms with van der Waals surface area (Å²) in [7, 11) is 0. The molecule has 2 N–H and O–H groups in total. The van der Waals surface area contributed by atoms with Gasteiger partial charge >= 0.3 is 0 Å². The van der Waals surface area contributed by atoms with E-state index in [0.29, 0.717) is 12.5 Å². The summed E-state index contributed by atoms with van der Waals surface area (Å²) in [5.41, 5.74) is 8.75. The van der Waals surface area contributed by atoms with Crippen LogP contribution >= 0.6 is 22.7 Å². The zero-order chi connectivity index (χ0) is 11.4. The van der Waals surface area contributed by atoms with E-state index in [4.69, 9.17) is 5.73 Å². The fourth-order valence-corrected chi connectivity index (χ4v) is 3.24. The van der Waals surface area contributed by atoms with Gasteiger partial charge in [0.15, 0.2) is 0 Å². The molecule has 0 fully saturated rings. The maximum Gasteiger partial charge on any atom is 0.135 e. The van der Waals surface area contributed by atoms with Crippen molar-refractivity contribution in [3.8, 4) is 9.88 Å². The van der Waals surface area contributed by atoms with Gasteiger partial charge in [0.1, 0.15) is 5.01 Å². The van der Waals surface area contributed by atoms with Gasteiger partial charge < -0.3 is 5.73 Å². The lowest BCUT2D eigenvalue weighted by atomic mass is 10.0. The van der Waals surface area contributed by atoms with Gasteiger partial charge in [0.25, 0.3) is 0 Å². The molecular weight excluding hydrogens is 238 g/mol. The van der Waals surface area contributed by atoms with Gasteiger partial charge in [-0.05, 0) is 6.42 Å². The van der Waals surface area contributed by atoms with Crippen LogP contribution in [-0.2, 0) is 0 Å². The molecule has 2 aromatic heterocycles. The SMILES string of the molecule is CCCC(CN)c1csc(-c2cncs2)n1. The maximum absolute atomic E-state index is 5.77. The van der Waals surface area contributed by atoms with E-state index >= 15 is 0 Å². The van der Waals surface area contributed by atoms with Crippen molar-refractivity contribution >= 4 is 22.7 Å². The fourth-order valence-electron chi connectivity index (χ4n) is 1.64. The Hall–Kier alpha value is -0.780. The van der Waals surface area contributed by atoms with E-state index < -0.39 is 0 Å². The molecule has 0 aliphatic heterocycles. The van der Waals surface area contributed by atoms with Crippen LogP contribution in [0.4, 0.5) is 0 Å². The number of thiazole rings is 2. The van der Waals surface area contributed by atoms with Gasteiger partial charge in [0, 0.05) is 24.0 Å². The molecule has 3 nitrogen and oxygen atoms in total. The monoisotopic (exact) mass is 253 g/mol. The van der Waals surface area contributed by atoms with Crippen molar-refractivity contribution in [1.82, 2.24) is 9.97 Å². The predicted molar refractivity (Wildman–Crippen MR) is 69.9 cm³/mol. The average Bonchev–Trinajstić information content (AvgIpc) is 2.95. The van der Waals surface area contributed by atoms with Crippen LogP contribution < -0.4 is 5.73 Å². The van der Waals surface area contributed by atoms with Crippen LogP contribution in [0.1, 0.15) is 31.4 Å². The minimum atomic E-state index is 0.405. The number of aromatic nitrogens is 2. The molecule has 86 valence electrons. The molecule has 0 spiro atoms. The van der Waals surface area contributed by atoms with Crippen molar-refractivity contribution in [3.63, 3.8) is 0 Å². The van der Waals surface area contributed by atoms with E-state index in [1.54, 1.807) is 22.7 Å². The molecule has 0 aliphatic rings. The lowest BCUT2D eigenvalue weighted by Gasteiger charge is -2.09. The van der Waals surface area contributed by atoms with Gasteiger partial charge in [-0.25, -0.2) is 4.98 Å².